The van der Waals surface area contributed by atoms with Crippen LogP contribution in [0.2, 0.25) is 0 Å². The molecule has 28 heavy (non-hydrogen) atoms. The summed E-state index contributed by atoms with van der Waals surface area (Å²) < 4.78 is 16.6. The van der Waals surface area contributed by atoms with Gasteiger partial charge in [0.2, 0.25) is 5.91 Å². The van der Waals surface area contributed by atoms with E-state index in [1.54, 1.807) is 7.11 Å². The molecule has 4 rings (SSSR count). The van der Waals surface area contributed by atoms with Crippen LogP contribution in [0, 0.1) is 0 Å². The van der Waals surface area contributed by atoms with Gasteiger partial charge in [-0.05, 0) is 49.2 Å². The average molecular weight is 382 g/mol. The second-order valence-electron chi connectivity index (χ2n) is 7.16. The van der Waals surface area contributed by atoms with E-state index in [0.717, 1.165) is 43.0 Å². The Morgan fingerprint density at radius 3 is 2.68 bits per heavy atom. The highest BCUT2D eigenvalue weighted by molar-refractivity contribution is 5.92. The van der Waals surface area contributed by atoms with Crippen LogP contribution in [0.5, 0.6) is 17.2 Å². The first-order valence-electron chi connectivity index (χ1n) is 9.80. The number of hydrogen-bond donors (Lipinski definition) is 1. The topological polar surface area (TPSA) is 60.0 Å². The Hall–Kier alpha value is -2.73. The zero-order valence-electron chi connectivity index (χ0n) is 16.1. The van der Waals surface area contributed by atoms with Crippen molar-refractivity contribution < 1.29 is 19.0 Å². The summed E-state index contributed by atoms with van der Waals surface area (Å²) in [6.07, 6.45) is 3.01. The lowest BCUT2D eigenvalue weighted by atomic mass is 10.0. The van der Waals surface area contributed by atoms with Gasteiger partial charge in [0.05, 0.1) is 26.9 Å². The average Bonchev–Trinajstić information content (AvgIpc) is 3.03. The Kier molecular flexibility index (Phi) is 5.67. The molecule has 1 amide bonds. The molecule has 2 heterocycles. The fraction of sp³-hybridized carbons (Fsp3) is 0.409. The Morgan fingerprint density at radius 1 is 1.11 bits per heavy atom. The molecule has 0 bridgehead atoms. The van der Waals surface area contributed by atoms with E-state index in [1.807, 2.05) is 30.3 Å². The van der Waals surface area contributed by atoms with Crippen LogP contribution in [0.25, 0.3) is 0 Å². The van der Waals surface area contributed by atoms with Crippen molar-refractivity contribution in [3.05, 3.63) is 48.0 Å². The van der Waals surface area contributed by atoms with E-state index < -0.39 is 0 Å². The molecule has 1 unspecified atom stereocenters. The fourth-order valence-corrected chi connectivity index (χ4v) is 3.84. The molecule has 0 aromatic heterocycles. The smallest absolute Gasteiger partial charge is 0.238 e. The Bertz CT molecular complexity index is 822. The second kappa shape index (κ2) is 8.52. The molecule has 1 N–H and O–H groups in total. The van der Waals surface area contributed by atoms with Gasteiger partial charge in [0.1, 0.15) is 5.75 Å². The van der Waals surface area contributed by atoms with E-state index in [0.29, 0.717) is 25.5 Å². The highest BCUT2D eigenvalue weighted by Crippen LogP contribution is 2.34. The predicted octanol–water partition coefficient (Wildman–Crippen LogP) is 3.63. The van der Waals surface area contributed by atoms with Gasteiger partial charge < -0.3 is 19.5 Å². The molecule has 1 fully saturated rings. The summed E-state index contributed by atoms with van der Waals surface area (Å²) in [6.45, 7) is 2.57. The number of likely N-dealkylation sites (tertiary alicyclic amines) is 1. The van der Waals surface area contributed by atoms with Crippen LogP contribution < -0.4 is 19.5 Å². The first-order chi connectivity index (χ1) is 13.7. The van der Waals surface area contributed by atoms with Gasteiger partial charge in [0.15, 0.2) is 11.5 Å². The normalized spacial score (nSPS) is 19.1. The lowest BCUT2D eigenvalue weighted by molar-refractivity contribution is -0.117. The maximum Gasteiger partial charge on any atom is 0.238 e. The number of anilines is 1. The molecule has 2 aliphatic heterocycles. The van der Waals surface area contributed by atoms with Crippen LogP contribution in [0.1, 0.15) is 30.9 Å². The number of fused-ring (bicyclic) bond motifs is 1. The van der Waals surface area contributed by atoms with Crippen molar-refractivity contribution >= 4 is 11.6 Å². The Morgan fingerprint density at radius 2 is 1.89 bits per heavy atom. The van der Waals surface area contributed by atoms with Crippen LogP contribution >= 0.6 is 0 Å². The van der Waals surface area contributed by atoms with E-state index in [2.05, 4.69) is 22.3 Å². The molecule has 6 nitrogen and oxygen atoms in total. The first-order valence-corrected chi connectivity index (χ1v) is 9.80. The number of amides is 1. The van der Waals surface area contributed by atoms with E-state index in [9.17, 15) is 4.79 Å². The zero-order chi connectivity index (χ0) is 19.3. The summed E-state index contributed by atoms with van der Waals surface area (Å²) in [5, 5.41) is 2.99. The van der Waals surface area contributed by atoms with Crippen LogP contribution in [0.3, 0.4) is 0 Å². The Balaban J connectivity index is 1.39. The number of carbonyl (C=O) groups excluding carboxylic acids is 1. The van der Waals surface area contributed by atoms with Crippen LogP contribution in [0.15, 0.2) is 42.5 Å². The number of hydrogen-bond acceptors (Lipinski definition) is 5. The largest absolute Gasteiger partial charge is 0.497 e. The maximum absolute atomic E-state index is 12.6. The molecule has 2 aliphatic rings. The lowest BCUT2D eigenvalue weighted by Gasteiger charge is -2.24. The minimum absolute atomic E-state index is 0.0186. The highest BCUT2D eigenvalue weighted by Gasteiger charge is 2.27. The standard InChI is InChI=1S/C22H26N2O4/c1-26-18-8-5-16(6-9-18)19-4-2-11-24(19)15-22(25)23-17-7-10-20-21(14-17)28-13-3-12-27-20/h5-10,14,19H,2-4,11-13,15H2,1H3,(H,23,25). The van der Waals surface area contributed by atoms with Gasteiger partial charge in [0.25, 0.3) is 0 Å². The third-order valence-corrected chi connectivity index (χ3v) is 5.24. The summed E-state index contributed by atoms with van der Waals surface area (Å²) in [7, 11) is 1.67. The van der Waals surface area contributed by atoms with Crippen molar-refractivity contribution in [1.29, 1.82) is 0 Å². The van der Waals surface area contributed by atoms with E-state index in [1.165, 1.54) is 5.56 Å². The van der Waals surface area contributed by atoms with Gasteiger partial charge in [-0.1, -0.05) is 12.1 Å². The molecule has 0 saturated carbocycles. The molecule has 2 aromatic carbocycles. The monoisotopic (exact) mass is 382 g/mol. The lowest BCUT2D eigenvalue weighted by Crippen LogP contribution is -2.32. The number of nitrogens with zero attached hydrogens (tertiary/aromatic N) is 1. The molecular formula is C22H26N2O4. The van der Waals surface area contributed by atoms with Gasteiger partial charge >= 0.3 is 0 Å². The number of ether oxygens (including phenoxy) is 3. The predicted molar refractivity (Wildman–Crippen MR) is 107 cm³/mol. The number of methoxy groups -OCH3 is 1. The molecule has 1 saturated heterocycles. The third kappa shape index (κ3) is 4.22. The van der Waals surface area contributed by atoms with Gasteiger partial charge in [-0.15, -0.1) is 0 Å². The van der Waals surface area contributed by atoms with Gasteiger partial charge in [-0.2, -0.15) is 0 Å². The van der Waals surface area contributed by atoms with Crippen molar-refractivity contribution in [3.8, 4) is 17.2 Å². The fourth-order valence-electron chi connectivity index (χ4n) is 3.84. The van der Waals surface area contributed by atoms with Gasteiger partial charge in [-0.3, -0.25) is 9.69 Å². The first kappa shape index (κ1) is 18.6. The van der Waals surface area contributed by atoms with Crippen molar-refractivity contribution in [3.63, 3.8) is 0 Å². The maximum atomic E-state index is 12.6. The zero-order valence-corrected chi connectivity index (χ0v) is 16.1. The van der Waals surface area contributed by atoms with E-state index >= 15 is 0 Å². The summed E-state index contributed by atoms with van der Waals surface area (Å²) in [5.41, 5.74) is 1.95. The quantitative estimate of drug-likeness (QED) is 0.856. The number of nitrogens with one attached hydrogen (secondary N) is 1. The van der Waals surface area contributed by atoms with Crippen LogP contribution in [-0.4, -0.2) is 44.2 Å². The second-order valence-corrected chi connectivity index (χ2v) is 7.16. The van der Waals surface area contributed by atoms with E-state index in [-0.39, 0.29) is 11.9 Å². The minimum atomic E-state index is -0.0186. The van der Waals surface area contributed by atoms with Gasteiger partial charge in [0, 0.05) is 24.2 Å². The molecule has 1 atom stereocenters. The highest BCUT2D eigenvalue weighted by atomic mass is 16.5. The van der Waals surface area contributed by atoms with E-state index in [4.69, 9.17) is 14.2 Å². The molecule has 0 radical (unpaired) electrons. The molecule has 6 heteroatoms. The third-order valence-electron chi connectivity index (χ3n) is 5.24. The minimum Gasteiger partial charge on any atom is -0.497 e. The molecule has 0 aliphatic carbocycles. The molecule has 2 aromatic rings. The number of benzene rings is 2. The molecular weight excluding hydrogens is 356 g/mol. The van der Waals surface area contributed by atoms with Crippen molar-refractivity contribution in [2.24, 2.45) is 0 Å². The number of carbonyl (C=O) groups is 1. The Labute approximate surface area is 165 Å². The van der Waals surface area contributed by atoms with Crippen LogP contribution in [-0.2, 0) is 4.79 Å². The molecule has 148 valence electrons. The summed E-state index contributed by atoms with van der Waals surface area (Å²) >= 11 is 0. The van der Waals surface area contributed by atoms with Crippen LogP contribution in [0.4, 0.5) is 5.69 Å². The summed E-state index contributed by atoms with van der Waals surface area (Å²) in [5.74, 6) is 2.25. The molecule has 0 spiro atoms. The van der Waals surface area contributed by atoms with Gasteiger partial charge in [-0.25, -0.2) is 0 Å². The van der Waals surface area contributed by atoms with Crippen molar-refractivity contribution in [1.82, 2.24) is 4.90 Å². The summed E-state index contributed by atoms with van der Waals surface area (Å²) in [4.78, 5) is 14.9. The summed E-state index contributed by atoms with van der Waals surface area (Å²) in [6, 6.07) is 13.9. The number of rotatable bonds is 5. The van der Waals surface area contributed by atoms with Crippen molar-refractivity contribution in [2.75, 3.05) is 38.7 Å². The SMILES string of the molecule is COc1ccc(C2CCCN2CC(=O)Nc2ccc3c(c2)OCCCO3)cc1. The van der Waals surface area contributed by atoms with Crippen molar-refractivity contribution in [2.45, 2.75) is 25.3 Å².